The van der Waals surface area contributed by atoms with Crippen molar-refractivity contribution < 1.29 is 4.79 Å². The number of aryl methyl sites for hydroxylation is 1. The van der Waals surface area contributed by atoms with Crippen molar-refractivity contribution in [1.82, 2.24) is 14.9 Å². The van der Waals surface area contributed by atoms with E-state index in [2.05, 4.69) is 22.9 Å². The van der Waals surface area contributed by atoms with Crippen LogP contribution < -0.4 is 11.1 Å². The van der Waals surface area contributed by atoms with Gasteiger partial charge in [0.15, 0.2) is 0 Å². The van der Waals surface area contributed by atoms with Crippen LogP contribution in [-0.4, -0.2) is 28.5 Å². The summed E-state index contributed by atoms with van der Waals surface area (Å²) >= 11 is 0. The Bertz CT molecular complexity index is 716. The summed E-state index contributed by atoms with van der Waals surface area (Å²) in [5.74, 6) is 1.17. The quantitative estimate of drug-likeness (QED) is 0.812. The number of rotatable bonds is 7. The highest BCUT2D eigenvalue weighted by molar-refractivity contribution is 5.77. The summed E-state index contributed by atoms with van der Waals surface area (Å²) in [7, 11) is 0. The highest BCUT2D eigenvalue weighted by atomic mass is 16.1. The average Bonchev–Trinajstić information content (AvgIpc) is 2.99. The lowest BCUT2D eigenvalue weighted by molar-refractivity contribution is -0.123. The monoisotopic (exact) mass is 342 g/mol. The molecule has 1 heterocycles. The van der Waals surface area contributed by atoms with Gasteiger partial charge >= 0.3 is 0 Å². The molecule has 136 valence electrons. The van der Waals surface area contributed by atoms with E-state index in [1.54, 1.807) is 0 Å². The van der Waals surface area contributed by atoms with Gasteiger partial charge in [0.1, 0.15) is 5.82 Å². The van der Waals surface area contributed by atoms with Crippen LogP contribution in [0.4, 0.5) is 0 Å². The van der Waals surface area contributed by atoms with E-state index in [-0.39, 0.29) is 11.3 Å². The molecule has 3 N–H and O–H groups in total. The van der Waals surface area contributed by atoms with Gasteiger partial charge in [0, 0.05) is 25.9 Å². The SMILES string of the molecule is CCn1c(CCNC(=O)CC2(CN)CCCCC2)nc2ccccc21. The van der Waals surface area contributed by atoms with E-state index in [1.807, 2.05) is 18.2 Å². The maximum atomic E-state index is 12.4. The van der Waals surface area contributed by atoms with Crippen LogP contribution in [0.3, 0.4) is 0 Å². The fraction of sp³-hybridized carbons (Fsp3) is 0.600. The number of carbonyl (C=O) groups excluding carboxylic acids is 1. The number of hydrogen-bond donors (Lipinski definition) is 2. The minimum absolute atomic E-state index is 0.0267. The van der Waals surface area contributed by atoms with Crippen LogP contribution in [0, 0.1) is 5.41 Å². The van der Waals surface area contributed by atoms with Gasteiger partial charge in [-0.1, -0.05) is 31.4 Å². The number of nitrogens with two attached hydrogens (primary N) is 1. The van der Waals surface area contributed by atoms with Crippen LogP contribution in [0.5, 0.6) is 0 Å². The minimum Gasteiger partial charge on any atom is -0.356 e. The number of hydrogen-bond acceptors (Lipinski definition) is 3. The summed E-state index contributed by atoms with van der Waals surface area (Å²) in [5, 5.41) is 3.09. The first-order valence-electron chi connectivity index (χ1n) is 9.58. The number of aromatic nitrogens is 2. The van der Waals surface area contributed by atoms with Crippen molar-refractivity contribution in [2.24, 2.45) is 11.1 Å². The molecule has 1 saturated carbocycles. The van der Waals surface area contributed by atoms with Crippen LogP contribution >= 0.6 is 0 Å². The van der Waals surface area contributed by atoms with Crippen molar-refractivity contribution in [3.8, 4) is 0 Å². The lowest BCUT2D eigenvalue weighted by atomic mass is 9.71. The molecule has 1 amide bonds. The molecule has 1 aromatic heterocycles. The first-order valence-corrected chi connectivity index (χ1v) is 9.58. The molecule has 0 unspecified atom stereocenters. The van der Waals surface area contributed by atoms with Gasteiger partial charge in [-0.05, 0) is 43.9 Å². The van der Waals surface area contributed by atoms with E-state index in [4.69, 9.17) is 10.7 Å². The lowest BCUT2D eigenvalue weighted by Crippen LogP contribution is -2.39. The predicted molar refractivity (Wildman–Crippen MR) is 101 cm³/mol. The third kappa shape index (κ3) is 4.03. The first-order chi connectivity index (χ1) is 12.2. The smallest absolute Gasteiger partial charge is 0.220 e. The van der Waals surface area contributed by atoms with Crippen molar-refractivity contribution in [2.75, 3.05) is 13.1 Å². The predicted octanol–water partition coefficient (Wildman–Crippen LogP) is 3.01. The molecule has 0 spiro atoms. The van der Waals surface area contributed by atoms with Crippen molar-refractivity contribution in [3.63, 3.8) is 0 Å². The average molecular weight is 342 g/mol. The standard InChI is InChI=1S/C20H30N4O/c1-2-24-17-9-5-4-8-16(17)23-18(24)10-13-22-19(25)14-20(15-21)11-6-3-7-12-20/h4-5,8-9H,2-3,6-7,10-15,21H2,1H3,(H,22,25). The molecule has 5 heteroatoms. The van der Waals surface area contributed by atoms with E-state index in [1.165, 1.54) is 19.3 Å². The van der Waals surface area contributed by atoms with Gasteiger partial charge in [0.05, 0.1) is 11.0 Å². The van der Waals surface area contributed by atoms with E-state index in [9.17, 15) is 4.79 Å². The van der Waals surface area contributed by atoms with Crippen molar-refractivity contribution in [1.29, 1.82) is 0 Å². The molecule has 0 radical (unpaired) electrons. The number of fused-ring (bicyclic) bond motifs is 1. The molecular formula is C20H30N4O. The van der Waals surface area contributed by atoms with E-state index >= 15 is 0 Å². The third-order valence-electron chi connectivity index (χ3n) is 5.60. The highest BCUT2D eigenvalue weighted by Gasteiger charge is 2.32. The van der Waals surface area contributed by atoms with Gasteiger partial charge in [-0.15, -0.1) is 0 Å². The fourth-order valence-corrected chi connectivity index (χ4v) is 4.14. The number of carbonyl (C=O) groups is 1. The van der Waals surface area contributed by atoms with Gasteiger partial charge in [-0.3, -0.25) is 4.79 Å². The molecule has 1 fully saturated rings. The summed E-state index contributed by atoms with van der Waals surface area (Å²) in [4.78, 5) is 17.1. The number of benzene rings is 1. The lowest BCUT2D eigenvalue weighted by Gasteiger charge is -2.35. The van der Waals surface area contributed by atoms with Gasteiger partial charge in [-0.25, -0.2) is 4.98 Å². The number of amides is 1. The largest absolute Gasteiger partial charge is 0.356 e. The molecular weight excluding hydrogens is 312 g/mol. The molecule has 25 heavy (non-hydrogen) atoms. The Kier molecular flexibility index (Phi) is 5.74. The topological polar surface area (TPSA) is 72.9 Å². The second-order valence-corrected chi connectivity index (χ2v) is 7.30. The summed E-state index contributed by atoms with van der Waals surface area (Å²) in [5.41, 5.74) is 8.21. The Balaban J connectivity index is 1.56. The minimum atomic E-state index is 0.0267. The Morgan fingerprint density at radius 3 is 2.76 bits per heavy atom. The fourth-order valence-electron chi connectivity index (χ4n) is 4.14. The second kappa shape index (κ2) is 8.00. The van der Waals surface area contributed by atoms with E-state index < -0.39 is 0 Å². The van der Waals surface area contributed by atoms with E-state index in [0.717, 1.165) is 42.7 Å². The Hall–Kier alpha value is -1.88. The third-order valence-corrected chi connectivity index (χ3v) is 5.60. The molecule has 3 rings (SSSR count). The number of imidazole rings is 1. The Morgan fingerprint density at radius 1 is 1.28 bits per heavy atom. The zero-order chi connectivity index (χ0) is 17.7. The molecule has 0 bridgehead atoms. The molecule has 5 nitrogen and oxygen atoms in total. The maximum absolute atomic E-state index is 12.4. The van der Waals surface area contributed by atoms with Crippen LogP contribution in [0.15, 0.2) is 24.3 Å². The van der Waals surface area contributed by atoms with Gasteiger partial charge < -0.3 is 15.6 Å². The van der Waals surface area contributed by atoms with Gasteiger partial charge in [0.2, 0.25) is 5.91 Å². The van der Waals surface area contributed by atoms with Crippen LogP contribution in [0.25, 0.3) is 11.0 Å². The van der Waals surface area contributed by atoms with Crippen molar-refractivity contribution in [2.45, 2.75) is 58.4 Å². The first kappa shape index (κ1) is 17.9. The molecule has 1 aliphatic carbocycles. The number of nitrogens with zero attached hydrogens (tertiary/aromatic N) is 2. The number of nitrogens with one attached hydrogen (secondary N) is 1. The van der Waals surface area contributed by atoms with Crippen molar-refractivity contribution in [3.05, 3.63) is 30.1 Å². The van der Waals surface area contributed by atoms with Crippen LogP contribution in [0.2, 0.25) is 0 Å². The highest BCUT2D eigenvalue weighted by Crippen LogP contribution is 2.38. The van der Waals surface area contributed by atoms with E-state index in [0.29, 0.717) is 19.5 Å². The summed E-state index contributed by atoms with van der Waals surface area (Å²) in [6.07, 6.45) is 7.16. The molecule has 0 saturated heterocycles. The van der Waals surface area contributed by atoms with Crippen LogP contribution in [0.1, 0.15) is 51.3 Å². The van der Waals surface area contributed by atoms with Crippen molar-refractivity contribution >= 4 is 16.9 Å². The number of para-hydroxylation sites is 2. The zero-order valence-corrected chi connectivity index (χ0v) is 15.3. The van der Waals surface area contributed by atoms with Crippen LogP contribution in [-0.2, 0) is 17.8 Å². The van der Waals surface area contributed by atoms with Gasteiger partial charge in [0.25, 0.3) is 0 Å². The molecule has 2 aromatic rings. The molecule has 1 aliphatic rings. The normalized spacial score (nSPS) is 16.9. The molecule has 1 aromatic carbocycles. The molecule has 0 aliphatic heterocycles. The molecule has 0 atom stereocenters. The zero-order valence-electron chi connectivity index (χ0n) is 15.3. The Morgan fingerprint density at radius 2 is 2.04 bits per heavy atom. The summed E-state index contributed by atoms with van der Waals surface area (Å²) in [6, 6.07) is 8.19. The summed E-state index contributed by atoms with van der Waals surface area (Å²) < 4.78 is 2.23. The second-order valence-electron chi connectivity index (χ2n) is 7.30. The van der Waals surface area contributed by atoms with Gasteiger partial charge in [-0.2, -0.15) is 0 Å². The maximum Gasteiger partial charge on any atom is 0.220 e. The Labute approximate surface area is 150 Å². The summed E-state index contributed by atoms with van der Waals surface area (Å²) in [6.45, 7) is 4.26.